The molecule has 1 aliphatic heterocycles. The van der Waals surface area contributed by atoms with Crippen molar-refractivity contribution in [2.45, 2.75) is 83.3 Å². The van der Waals surface area contributed by atoms with Crippen LogP contribution in [0.2, 0.25) is 0 Å². The van der Waals surface area contributed by atoms with Gasteiger partial charge in [0, 0.05) is 25.0 Å². The zero-order valence-electron chi connectivity index (χ0n) is 17.8. The molecule has 1 amide bonds. The van der Waals surface area contributed by atoms with Gasteiger partial charge in [0.25, 0.3) is 0 Å². The predicted octanol–water partition coefficient (Wildman–Crippen LogP) is 3.73. The van der Waals surface area contributed by atoms with E-state index in [1.165, 1.54) is 24.0 Å². The lowest BCUT2D eigenvalue weighted by atomic mass is 9.78. The van der Waals surface area contributed by atoms with E-state index in [0.29, 0.717) is 24.9 Å². The number of aromatic nitrogens is 2. The number of amides is 1. The molecule has 0 unspecified atom stereocenters. The van der Waals surface area contributed by atoms with Crippen molar-refractivity contribution in [2.75, 3.05) is 6.54 Å². The second kappa shape index (κ2) is 8.27. The Morgan fingerprint density at radius 1 is 1.24 bits per heavy atom. The fraction of sp³-hybridized carbons (Fsp3) is 0.609. The number of aryl methyl sites for hydroxylation is 1. The molecule has 1 aromatic heterocycles. The van der Waals surface area contributed by atoms with E-state index in [1.807, 2.05) is 0 Å². The minimum absolute atomic E-state index is 0.127. The molecule has 1 saturated heterocycles. The van der Waals surface area contributed by atoms with E-state index in [2.05, 4.69) is 60.4 Å². The van der Waals surface area contributed by atoms with Gasteiger partial charge in [0.1, 0.15) is 0 Å². The number of nitrogens with zero attached hydrogens (tertiary/aromatic N) is 3. The second-order valence-electron chi connectivity index (χ2n) is 8.99. The second-order valence-corrected chi connectivity index (χ2v) is 8.99. The largest absolute Gasteiger partial charge is 0.352 e. The highest BCUT2D eigenvalue weighted by molar-refractivity contribution is 5.78. The van der Waals surface area contributed by atoms with Crippen molar-refractivity contribution >= 4 is 5.91 Å². The van der Waals surface area contributed by atoms with Gasteiger partial charge in [-0.15, -0.1) is 0 Å². The Kier molecular flexibility index (Phi) is 5.72. The molecule has 6 heteroatoms. The SMILES string of the molecule is Cc1ccc(C2(c3noc(CN(C[C@@H]4CCC(=O)N4)C(C)C)n3)CCCC2)cc1. The summed E-state index contributed by atoms with van der Waals surface area (Å²) in [5.41, 5.74) is 2.43. The van der Waals surface area contributed by atoms with Gasteiger partial charge in [-0.25, -0.2) is 0 Å². The van der Waals surface area contributed by atoms with Crippen molar-refractivity contribution in [3.63, 3.8) is 0 Å². The third-order valence-corrected chi connectivity index (χ3v) is 6.57. The first-order valence-electron chi connectivity index (χ1n) is 10.9. The fourth-order valence-electron chi connectivity index (χ4n) is 4.74. The maximum absolute atomic E-state index is 11.5. The summed E-state index contributed by atoms with van der Waals surface area (Å²) in [5, 5.41) is 7.50. The van der Waals surface area contributed by atoms with E-state index >= 15 is 0 Å². The molecule has 2 fully saturated rings. The maximum Gasteiger partial charge on any atom is 0.240 e. The molecule has 2 heterocycles. The first-order chi connectivity index (χ1) is 14.0. The summed E-state index contributed by atoms with van der Waals surface area (Å²) in [6.45, 7) is 7.87. The Morgan fingerprint density at radius 2 is 1.97 bits per heavy atom. The zero-order chi connectivity index (χ0) is 20.4. The lowest BCUT2D eigenvalue weighted by Crippen LogP contribution is -2.41. The molecular formula is C23H32N4O2. The number of hydrogen-bond donors (Lipinski definition) is 1. The van der Waals surface area contributed by atoms with Crippen molar-refractivity contribution in [3.05, 3.63) is 47.1 Å². The lowest BCUT2D eigenvalue weighted by Gasteiger charge is -2.28. The number of carbonyl (C=O) groups is 1. The molecule has 1 atom stereocenters. The average molecular weight is 397 g/mol. The molecule has 1 N–H and O–H groups in total. The molecular weight excluding hydrogens is 364 g/mol. The molecule has 1 saturated carbocycles. The molecule has 6 nitrogen and oxygen atoms in total. The zero-order valence-corrected chi connectivity index (χ0v) is 17.8. The summed E-state index contributed by atoms with van der Waals surface area (Å²) in [6.07, 6.45) is 6.04. The molecule has 0 spiro atoms. The van der Waals surface area contributed by atoms with Gasteiger partial charge in [0.15, 0.2) is 5.82 Å². The third kappa shape index (κ3) is 4.22. The van der Waals surface area contributed by atoms with Crippen LogP contribution >= 0.6 is 0 Å². The molecule has 29 heavy (non-hydrogen) atoms. The molecule has 1 aromatic carbocycles. The minimum Gasteiger partial charge on any atom is -0.352 e. The number of benzene rings is 1. The van der Waals surface area contributed by atoms with Crippen LogP contribution in [0.25, 0.3) is 0 Å². The minimum atomic E-state index is -0.127. The van der Waals surface area contributed by atoms with Gasteiger partial charge in [0.05, 0.1) is 12.0 Å². The van der Waals surface area contributed by atoms with Crippen molar-refractivity contribution < 1.29 is 9.32 Å². The quantitative estimate of drug-likeness (QED) is 0.772. The van der Waals surface area contributed by atoms with E-state index < -0.39 is 0 Å². The van der Waals surface area contributed by atoms with E-state index in [4.69, 9.17) is 9.51 Å². The summed E-state index contributed by atoms with van der Waals surface area (Å²) in [6, 6.07) is 9.33. The van der Waals surface area contributed by atoms with Gasteiger partial charge < -0.3 is 9.84 Å². The van der Waals surface area contributed by atoms with Crippen LogP contribution < -0.4 is 5.32 Å². The van der Waals surface area contributed by atoms with Crippen LogP contribution in [0.3, 0.4) is 0 Å². The number of carbonyl (C=O) groups excluding carboxylic acids is 1. The topological polar surface area (TPSA) is 71.3 Å². The number of nitrogens with one attached hydrogen (secondary N) is 1. The van der Waals surface area contributed by atoms with E-state index in [1.54, 1.807) is 0 Å². The van der Waals surface area contributed by atoms with Crippen LogP contribution in [0.1, 0.15) is 75.2 Å². The van der Waals surface area contributed by atoms with Gasteiger partial charge in [-0.3, -0.25) is 9.69 Å². The van der Waals surface area contributed by atoms with Crippen LogP contribution in [0.4, 0.5) is 0 Å². The average Bonchev–Trinajstić information content (AvgIpc) is 3.43. The third-order valence-electron chi connectivity index (χ3n) is 6.57. The monoisotopic (exact) mass is 396 g/mol. The summed E-state index contributed by atoms with van der Waals surface area (Å²) in [7, 11) is 0. The van der Waals surface area contributed by atoms with Gasteiger partial charge in [-0.05, 0) is 45.6 Å². The number of rotatable bonds is 7. The summed E-state index contributed by atoms with van der Waals surface area (Å²) in [5.74, 6) is 1.64. The van der Waals surface area contributed by atoms with Gasteiger partial charge in [-0.1, -0.05) is 47.8 Å². The van der Waals surface area contributed by atoms with Crippen LogP contribution in [0.15, 0.2) is 28.8 Å². The van der Waals surface area contributed by atoms with Crippen molar-refractivity contribution in [1.82, 2.24) is 20.4 Å². The molecule has 2 aromatic rings. The smallest absolute Gasteiger partial charge is 0.240 e. The maximum atomic E-state index is 11.5. The van der Waals surface area contributed by atoms with Crippen LogP contribution in [0, 0.1) is 6.92 Å². The Balaban J connectivity index is 1.52. The van der Waals surface area contributed by atoms with Crippen molar-refractivity contribution in [2.24, 2.45) is 0 Å². The summed E-state index contributed by atoms with van der Waals surface area (Å²) in [4.78, 5) is 18.7. The molecule has 0 bridgehead atoms. The first-order valence-corrected chi connectivity index (χ1v) is 10.9. The molecule has 0 radical (unpaired) electrons. The summed E-state index contributed by atoms with van der Waals surface area (Å²) < 4.78 is 5.72. The van der Waals surface area contributed by atoms with Gasteiger partial charge in [0.2, 0.25) is 11.8 Å². The van der Waals surface area contributed by atoms with Crippen LogP contribution in [-0.2, 0) is 16.8 Å². The van der Waals surface area contributed by atoms with Crippen LogP contribution in [0.5, 0.6) is 0 Å². The highest BCUT2D eigenvalue weighted by Gasteiger charge is 2.41. The van der Waals surface area contributed by atoms with Gasteiger partial charge >= 0.3 is 0 Å². The number of hydrogen-bond acceptors (Lipinski definition) is 5. The van der Waals surface area contributed by atoms with E-state index in [0.717, 1.165) is 31.6 Å². The highest BCUT2D eigenvalue weighted by atomic mass is 16.5. The van der Waals surface area contributed by atoms with Gasteiger partial charge in [-0.2, -0.15) is 4.98 Å². The fourth-order valence-corrected chi connectivity index (χ4v) is 4.74. The lowest BCUT2D eigenvalue weighted by molar-refractivity contribution is -0.119. The normalized spacial score (nSPS) is 21.3. The predicted molar refractivity (Wildman–Crippen MR) is 111 cm³/mol. The van der Waals surface area contributed by atoms with E-state index in [9.17, 15) is 4.79 Å². The molecule has 4 rings (SSSR count). The Morgan fingerprint density at radius 3 is 2.59 bits per heavy atom. The van der Waals surface area contributed by atoms with Crippen molar-refractivity contribution in [1.29, 1.82) is 0 Å². The van der Waals surface area contributed by atoms with Crippen molar-refractivity contribution in [3.8, 4) is 0 Å². The standard InChI is InChI=1S/C23H32N4O2/c1-16(2)27(14-19-10-11-20(28)24-19)15-21-25-22(26-29-21)23(12-4-5-13-23)18-8-6-17(3)7-9-18/h6-9,16,19H,4-5,10-15H2,1-3H3,(H,24,28)/t19-/m0/s1. The Labute approximate surface area is 173 Å². The Hall–Kier alpha value is -2.21. The Bertz CT molecular complexity index is 837. The molecule has 156 valence electrons. The summed E-state index contributed by atoms with van der Waals surface area (Å²) >= 11 is 0. The van der Waals surface area contributed by atoms with E-state index in [-0.39, 0.29) is 17.4 Å². The molecule has 1 aliphatic carbocycles. The highest BCUT2D eigenvalue weighted by Crippen LogP contribution is 2.45. The first kappa shape index (κ1) is 20.1. The molecule has 2 aliphatic rings. The van der Waals surface area contributed by atoms with Crippen LogP contribution in [-0.4, -0.2) is 39.6 Å².